The van der Waals surface area contributed by atoms with Gasteiger partial charge in [0.05, 0.1) is 46.7 Å². The maximum atomic E-state index is 12.2. The van der Waals surface area contributed by atoms with Crippen molar-refractivity contribution < 1.29 is 45.5 Å². The van der Waals surface area contributed by atoms with Crippen LogP contribution in [0.25, 0.3) is 77.2 Å². The number of phenolic OH excluding ortho intramolecular Hbond substituents is 2. The topological polar surface area (TPSA) is 68.8 Å². The van der Waals surface area contributed by atoms with Crippen LogP contribution in [0.2, 0.25) is 0 Å². The number of ether oxygens (including phenoxy) is 2. The third-order valence-electron chi connectivity index (χ3n) is 13.4. The van der Waals surface area contributed by atoms with Gasteiger partial charge in [-0.15, -0.1) is 0 Å². The van der Waals surface area contributed by atoms with Gasteiger partial charge >= 0.3 is 0 Å². The van der Waals surface area contributed by atoms with Gasteiger partial charge in [0.25, 0.3) is 0 Å². The summed E-state index contributed by atoms with van der Waals surface area (Å²) in [6.07, 6.45) is 4.39. The van der Waals surface area contributed by atoms with E-state index in [1.807, 2.05) is 48.5 Å². The standard InChI is InChI=1S/C58H50N2O4.CH3.Hf/c1-37-31-47(57(61)53(33-37)59-49-25-11-5-19-41(49)42-20-6-12-26-50(42)59)45-23-9-15-29-55(45)63-35-39-17-3-4-18-40(39)36-64-56-30-16-10-24-46(56)48-32-38(2)34-54(58(48)62)60-51-27-13-7-21-43(51)44-22-8-14-28-52(44)60;;/h5-16,19-34,39-40,61-62H,3-4,17-18,35-36H2,1-2H3;1H3;/q;-1;/t39-,40-;;/m0../s1. The van der Waals surface area contributed by atoms with Crippen LogP contribution in [0.4, 0.5) is 0 Å². The average Bonchev–Trinajstić information content (AvgIpc) is 3.85. The van der Waals surface area contributed by atoms with Crippen molar-refractivity contribution in [3.05, 3.63) is 188 Å². The number of benzene rings is 8. The Hall–Kier alpha value is -6.57. The van der Waals surface area contributed by atoms with Gasteiger partial charge in [-0.05, 0) is 110 Å². The van der Waals surface area contributed by atoms with E-state index in [4.69, 9.17) is 9.47 Å². The Morgan fingerprint density at radius 2 is 0.758 bits per heavy atom. The first-order valence-electron chi connectivity index (χ1n) is 22.5. The van der Waals surface area contributed by atoms with E-state index in [0.717, 1.165) is 126 Å². The second-order valence-corrected chi connectivity index (χ2v) is 17.5. The molecule has 2 heterocycles. The smallest absolute Gasteiger partial charge is 0.147 e. The molecular formula is C59H53HfN2O4-. The van der Waals surface area contributed by atoms with Crippen molar-refractivity contribution in [1.29, 1.82) is 0 Å². The van der Waals surface area contributed by atoms with E-state index in [1.165, 1.54) is 0 Å². The molecule has 0 saturated heterocycles. The molecule has 0 amide bonds. The summed E-state index contributed by atoms with van der Waals surface area (Å²) >= 11 is 0. The summed E-state index contributed by atoms with van der Waals surface area (Å²) in [6, 6.07) is 57.9. The molecule has 8 aromatic carbocycles. The molecule has 2 N–H and O–H groups in total. The molecule has 0 radical (unpaired) electrons. The second kappa shape index (κ2) is 18.7. The first-order valence-corrected chi connectivity index (χ1v) is 22.5. The molecule has 0 spiro atoms. The number of fused-ring (bicyclic) bond motifs is 6. The molecule has 2 atom stereocenters. The number of hydrogen-bond donors (Lipinski definition) is 2. The molecule has 2 aromatic heterocycles. The zero-order valence-corrected chi connectivity index (χ0v) is 41.3. The van der Waals surface area contributed by atoms with Crippen molar-refractivity contribution in [2.75, 3.05) is 13.2 Å². The third kappa shape index (κ3) is 7.87. The van der Waals surface area contributed by atoms with E-state index in [-0.39, 0.29) is 56.6 Å². The number of aryl methyl sites for hydroxylation is 2. The summed E-state index contributed by atoms with van der Waals surface area (Å²) in [7, 11) is 0. The van der Waals surface area contributed by atoms with E-state index in [9.17, 15) is 10.2 Å². The number of nitrogens with zero attached hydrogens (tertiary/aromatic N) is 2. The third-order valence-corrected chi connectivity index (χ3v) is 13.4. The van der Waals surface area contributed by atoms with E-state index in [0.29, 0.717) is 13.2 Å². The van der Waals surface area contributed by atoms with Crippen molar-refractivity contribution >= 4 is 43.6 Å². The Morgan fingerprint density at radius 3 is 1.12 bits per heavy atom. The van der Waals surface area contributed by atoms with E-state index < -0.39 is 0 Å². The van der Waals surface area contributed by atoms with Gasteiger partial charge in [-0.3, -0.25) is 0 Å². The number of aromatic hydroxyl groups is 2. The Bertz CT molecular complexity index is 3050. The number of hydrogen-bond acceptors (Lipinski definition) is 4. The van der Waals surface area contributed by atoms with Crippen molar-refractivity contribution in [1.82, 2.24) is 9.13 Å². The fourth-order valence-corrected chi connectivity index (χ4v) is 10.4. The molecular weight excluding hydrogens is 979 g/mol. The Labute approximate surface area is 405 Å². The van der Waals surface area contributed by atoms with Crippen molar-refractivity contribution in [2.24, 2.45) is 11.8 Å². The maximum absolute atomic E-state index is 12.2. The van der Waals surface area contributed by atoms with Gasteiger partial charge in [0, 0.05) is 69.6 Å². The minimum absolute atomic E-state index is 0. The fourth-order valence-electron chi connectivity index (χ4n) is 10.4. The van der Waals surface area contributed by atoms with E-state index in [1.54, 1.807) is 0 Å². The predicted molar refractivity (Wildman–Crippen MR) is 268 cm³/mol. The van der Waals surface area contributed by atoms with Crippen LogP contribution >= 0.6 is 0 Å². The first-order chi connectivity index (χ1) is 31.4. The molecule has 1 fully saturated rings. The quantitative estimate of drug-likeness (QED) is 0.106. The van der Waals surface area contributed by atoms with Crippen LogP contribution in [0.5, 0.6) is 23.0 Å². The summed E-state index contributed by atoms with van der Waals surface area (Å²) in [5, 5.41) is 29.0. The zero-order valence-electron chi connectivity index (χ0n) is 37.7. The molecule has 1 saturated carbocycles. The molecule has 11 rings (SSSR count). The van der Waals surface area contributed by atoms with Crippen LogP contribution in [0.15, 0.2) is 170 Å². The number of aromatic nitrogens is 2. The fraction of sp³-hybridized carbons (Fsp3) is 0.169. The molecule has 66 heavy (non-hydrogen) atoms. The van der Waals surface area contributed by atoms with Crippen LogP contribution in [0, 0.1) is 33.1 Å². The summed E-state index contributed by atoms with van der Waals surface area (Å²) in [5.74, 6) is 2.50. The van der Waals surface area contributed by atoms with Crippen LogP contribution in [-0.2, 0) is 25.8 Å². The summed E-state index contributed by atoms with van der Waals surface area (Å²) < 4.78 is 18.0. The minimum atomic E-state index is 0. The van der Waals surface area contributed by atoms with Gasteiger partial charge in [-0.2, -0.15) is 0 Å². The number of rotatable bonds is 10. The molecule has 0 unspecified atom stereocenters. The van der Waals surface area contributed by atoms with Gasteiger partial charge in [0.15, 0.2) is 0 Å². The summed E-state index contributed by atoms with van der Waals surface area (Å²) in [6.45, 7) is 5.25. The predicted octanol–water partition coefficient (Wildman–Crippen LogP) is 15.0. The van der Waals surface area contributed by atoms with Crippen LogP contribution in [-0.4, -0.2) is 32.6 Å². The van der Waals surface area contributed by atoms with Gasteiger partial charge in [-0.25, -0.2) is 0 Å². The van der Waals surface area contributed by atoms with Gasteiger partial charge in [0.1, 0.15) is 23.0 Å². The zero-order chi connectivity index (χ0) is 43.3. The van der Waals surface area contributed by atoms with Crippen LogP contribution in [0.3, 0.4) is 0 Å². The molecule has 1 aliphatic carbocycles. The maximum Gasteiger partial charge on any atom is 0.147 e. The number of phenols is 2. The normalized spacial score (nSPS) is 14.9. The molecule has 0 bridgehead atoms. The molecule has 328 valence electrons. The second-order valence-electron chi connectivity index (χ2n) is 17.5. The largest absolute Gasteiger partial charge is 0.505 e. The number of para-hydroxylation sites is 6. The van der Waals surface area contributed by atoms with Crippen LogP contribution < -0.4 is 9.47 Å². The Kier molecular flexibility index (Phi) is 12.7. The molecule has 7 heteroatoms. The van der Waals surface area contributed by atoms with E-state index in [2.05, 4.69) is 144 Å². The Balaban J connectivity index is 0.00000274. The van der Waals surface area contributed by atoms with Gasteiger partial charge < -0.3 is 36.2 Å². The molecule has 6 nitrogen and oxygen atoms in total. The first kappa shape index (κ1) is 44.6. The van der Waals surface area contributed by atoms with Gasteiger partial charge in [0.2, 0.25) is 0 Å². The summed E-state index contributed by atoms with van der Waals surface area (Å²) in [4.78, 5) is 0. The monoisotopic (exact) mass is 1030 g/mol. The summed E-state index contributed by atoms with van der Waals surface area (Å²) in [5.41, 5.74) is 11.0. The SMILES string of the molecule is Cc1cc(-c2ccccc2OC[C@@H]2CCCC[C@H]2COc2ccccc2-c2cc(C)cc(-n3c4ccccc4c4ccccc43)c2O)c(O)c(-n2c3ccccc3c3ccccc32)c1.[CH3-].[Hf]. The Morgan fingerprint density at radius 1 is 0.439 bits per heavy atom. The molecule has 0 aliphatic heterocycles. The van der Waals surface area contributed by atoms with Crippen LogP contribution in [0.1, 0.15) is 36.8 Å². The van der Waals surface area contributed by atoms with Gasteiger partial charge in [-0.1, -0.05) is 122 Å². The van der Waals surface area contributed by atoms with Crippen molar-refractivity contribution in [2.45, 2.75) is 39.5 Å². The minimum Gasteiger partial charge on any atom is -0.505 e. The van der Waals surface area contributed by atoms with Crippen molar-refractivity contribution in [3.8, 4) is 56.6 Å². The van der Waals surface area contributed by atoms with Crippen molar-refractivity contribution in [3.63, 3.8) is 0 Å². The molecule has 1 aliphatic rings. The van der Waals surface area contributed by atoms with E-state index >= 15 is 0 Å². The molecule has 10 aromatic rings. The average molecular weight is 1030 g/mol.